The van der Waals surface area contributed by atoms with Crippen LogP contribution >= 0.6 is 11.6 Å². The van der Waals surface area contributed by atoms with E-state index in [9.17, 15) is 16.8 Å². The summed E-state index contributed by atoms with van der Waals surface area (Å²) in [4.78, 5) is -0.0960. The lowest BCUT2D eigenvalue weighted by molar-refractivity contribution is 0.597. The Kier molecular flexibility index (Phi) is 3.79. The van der Waals surface area contributed by atoms with Crippen LogP contribution < -0.4 is 9.86 Å². The number of alkyl halides is 1. The van der Waals surface area contributed by atoms with Crippen LogP contribution in [0.25, 0.3) is 0 Å². The van der Waals surface area contributed by atoms with E-state index in [2.05, 4.69) is 4.72 Å². The van der Waals surface area contributed by atoms with Crippen LogP contribution in [0.15, 0.2) is 29.2 Å². The van der Waals surface area contributed by atoms with Gasteiger partial charge >= 0.3 is 0 Å². The van der Waals surface area contributed by atoms with E-state index in [0.717, 1.165) is 0 Å². The molecule has 0 bridgehead atoms. The zero-order valence-corrected chi connectivity index (χ0v) is 10.3. The van der Waals surface area contributed by atoms with Gasteiger partial charge in [0.25, 0.3) is 0 Å². The molecule has 1 aromatic carbocycles. The molecule has 0 saturated heterocycles. The largest absolute Gasteiger partial charge is 0.283 e. The molecule has 0 unspecified atom stereocenters. The molecule has 1 rings (SSSR count). The molecule has 0 spiro atoms. The van der Waals surface area contributed by atoms with Crippen molar-refractivity contribution >= 4 is 37.3 Å². The second-order valence-electron chi connectivity index (χ2n) is 2.90. The highest BCUT2D eigenvalue weighted by molar-refractivity contribution is 7.93. The molecule has 0 radical (unpaired) electrons. The van der Waals surface area contributed by atoms with Crippen LogP contribution in [0.2, 0.25) is 0 Å². The van der Waals surface area contributed by atoms with Crippen molar-refractivity contribution in [2.24, 2.45) is 5.14 Å². The summed E-state index contributed by atoms with van der Waals surface area (Å²) in [5.41, 5.74) is 0.216. The van der Waals surface area contributed by atoms with Crippen LogP contribution in [0.4, 0.5) is 5.69 Å². The number of halogens is 1. The minimum Gasteiger partial charge on any atom is -0.283 e. The van der Waals surface area contributed by atoms with Gasteiger partial charge < -0.3 is 0 Å². The SMILES string of the molecule is NS(=O)(=O)c1ccc(NS(=O)(=O)CCl)cc1. The number of nitrogens with two attached hydrogens (primary N) is 1. The van der Waals surface area contributed by atoms with Gasteiger partial charge in [0.05, 0.1) is 4.90 Å². The van der Waals surface area contributed by atoms with Gasteiger partial charge in [-0.25, -0.2) is 22.0 Å². The third kappa shape index (κ3) is 3.63. The second kappa shape index (κ2) is 4.58. The number of hydrogen-bond donors (Lipinski definition) is 2. The Hall–Kier alpha value is -0.830. The predicted octanol–water partition coefficient (Wildman–Crippen LogP) is 0.272. The van der Waals surface area contributed by atoms with E-state index in [1.165, 1.54) is 24.3 Å². The van der Waals surface area contributed by atoms with Gasteiger partial charge in [-0.15, -0.1) is 11.6 Å². The van der Waals surface area contributed by atoms with Gasteiger partial charge in [0.1, 0.15) is 5.21 Å². The number of primary sulfonamides is 1. The summed E-state index contributed by atoms with van der Waals surface area (Å²) >= 11 is 5.18. The van der Waals surface area contributed by atoms with Crippen molar-refractivity contribution in [3.05, 3.63) is 24.3 Å². The maximum absolute atomic E-state index is 11.1. The summed E-state index contributed by atoms with van der Waals surface area (Å²) < 4.78 is 46.1. The third-order valence-corrected chi connectivity index (χ3v) is 4.22. The quantitative estimate of drug-likeness (QED) is 0.774. The summed E-state index contributed by atoms with van der Waals surface area (Å²) in [5.74, 6) is 0. The Balaban J connectivity index is 2.97. The lowest BCUT2D eigenvalue weighted by Crippen LogP contribution is -2.14. The Bertz CT molecular complexity index is 565. The number of rotatable bonds is 4. The van der Waals surface area contributed by atoms with Crippen molar-refractivity contribution in [1.29, 1.82) is 0 Å². The fraction of sp³-hybridized carbons (Fsp3) is 0.143. The number of hydrogen-bond acceptors (Lipinski definition) is 4. The van der Waals surface area contributed by atoms with Crippen LogP contribution in [-0.4, -0.2) is 22.0 Å². The zero-order valence-electron chi connectivity index (χ0n) is 7.92. The average molecular weight is 285 g/mol. The molecule has 90 valence electrons. The predicted molar refractivity (Wildman–Crippen MR) is 61.1 cm³/mol. The van der Waals surface area contributed by atoms with Crippen molar-refractivity contribution in [3.8, 4) is 0 Å². The van der Waals surface area contributed by atoms with Crippen LogP contribution in [-0.2, 0) is 20.0 Å². The van der Waals surface area contributed by atoms with Gasteiger partial charge in [0.2, 0.25) is 20.0 Å². The summed E-state index contributed by atoms with van der Waals surface area (Å²) in [5, 5.41) is 4.29. The minimum atomic E-state index is -3.77. The molecule has 0 heterocycles. The Morgan fingerprint density at radius 1 is 1.12 bits per heavy atom. The topological polar surface area (TPSA) is 106 Å². The third-order valence-electron chi connectivity index (χ3n) is 1.60. The molecule has 0 aliphatic carbocycles. The molecule has 6 nitrogen and oxygen atoms in total. The Labute approximate surface area is 98.5 Å². The van der Waals surface area contributed by atoms with E-state index in [-0.39, 0.29) is 10.6 Å². The van der Waals surface area contributed by atoms with E-state index in [4.69, 9.17) is 16.7 Å². The van der Waals surface area contributed by atoms with Gasteiger partial charge in [0, 0.05) is 5.69 Å². The summed E-state index contributed by atoms with van der Waals surface area (Å²) in [6.07, 6.45) is 0. The number of anilines is 1. The standard InChI is InChI=1S/C7H9ClN2O4S2/c8-5-15(11,12)10-6-1-3-7(4-2-6)16(9,13)14/h1-4,10H,5H2,(H2,9,13,14). The lowest BCUT2D eigenvalue weighted by Gasteiger charge is -2.05. The maximum atomic E-state index is 11.1. The molecular weight excluding hydrogens is 276 g/mol. The molecule has 0 amide bonds. The smallest absolute Gasteiger partial charge is 0.246 e. The fourth-order valence-corrected chi connectivity index (χ4v) is 2.15. The van der Waals surface area contributed by atoms with Gasteiger partial charge in [-0.1, -0.05) is 0 Å². The Morgan fingerprint density at radius 3 is 2.00 bits per heavy atom. The van der Waals surface area contributed by atoms with Crippen molar-refractivity contribution in [1.82, 2.24) is 0 Å². The molecule has 0 fully saturated rings. The fourth-order valence-electron chi connectivity index (χ4n) is 0.919. The van der Waals surface area contributed by atoms with Crippen molar-refractivity contribution < 1.29 is 16.8 Å². The molecule has 3 N–H and O–H groups in total. The number of nitrogens with one attached hydrogen (secondary N) is 1. The number of sulfonamides is 2. The first-order valence-corrected chi connectivity index (χ1v) is 7.67. The van der Waals surface area contributed by atoms with Crippen LogP contribution in [0.1, 0.15) is 0 Å². The average Bonchev–Trinajstić information content (AvgIpc) is 2.16. The van der Waals surface area contributed by atoms with Gasteiger partial charge in [-0.2, -0.15) is 0 Å². The molecule has 9 heteroatoms. The molecule has 1 aromatic rings. The van der Waals surface area contributed by atoms with Gasteiger partial charge in [-0.05, 0) is 24.3 Å². The zero-order chi connectivity index (χ0) is 12.4. The van der Waals surface area contributed by atoms with Gasteiger partial charge in [-0.3, -0.25) is 4.72 Å². The summed E-state index contributed by atoms with van der Waals surface area (Å²) in [6.45, 7) is 0. The van der Waals surface area contributed by atoms with E-state index >= 15 is 0 Å². The first-order chi connectivity index (χ1) is 7.24. The molecule has 0 atom stereocenters. The van der Waals surface area contributed by atoms with E-state index in [0.29, 0.717) is 0 Å². The first-order valence-electron chi connectivity index (χ1n) is 3.94. The van der Waals surface area contributed by atoms with Gasteiger partial charge in [0.15, 0.2) is 0 Å². The highest BCUT2D eigenvalue weighted by atomic mass is 35.5. The molecule has 0 aliphatic rings. The molecular formula is C7H9ClN2O4S2. The van der Waals surface area contributed by atoms with Crippen molar-refractivity contribution in [3.63, 3.8) is 0 Å². The highest BCUT2D eigenvalue weighted by Crippen LogP contribution is 2.14. The van der Waals surface area contributed by atoms with Crippen LogP contribution in [0, 0.1) is 0 Å². The minimum absolute atomic E-state index is 0.0960. The van der Waals surface area contributed by atoms with E-state index < -0.39 is 25.3 Å². The Morgan fingerprint density at radius 2 is 1.62 bits per heavy atom. The monoisotopic (exact) mass is 284 g/mol. The van der Waals surface area contributed by atoms with Crippen molar-refractivity contribution in [2.45, 2.75) is 4.90 Å². The second-order valence-corrected chi connectivity index (χ2v) is 6.76. The molecule has 0 aromatic heterocycles. The van der Waals surface area contributed by atoms with E-state index in [1.807, 2.05) is 0 Å². The van der Waals surface area contributed by atoms with Crippen LogP contribution in [0.5, 0.6) is 0 Å². The van der Waals surface area contributed by atoms with Crippen LogP contribution in [0.3, 0.4) is 0 Å². The number of benzene rings is 1. The lowest BCUT2D eigenvalue weighted by atomic mass is 10.3. The molecule has 0 saturated carbocycles. The molecule has 0 aliphatic heterocycles. The maximum Gasteiger partial charge on any atom is 0.246 e. The van der Waals surface area contributed by atoms with E-state index in [1.54, 1.807) is 0 Å². The van der Waals surface area contributed by atoms with Crippen molar-refractivity contribution in [2.75, 3.05) is 9.93 Å². The highest BCUT2D eigenvalue weighted by Gasteiger charge is 2.10. The summed E-state index contributed by atoms with van der Waals surface area (Å²) in [6, 6.07) is 4.95. The molecule has 16 heavy (non-hydrogen) atoms. The summed E-state index contributed by atoms with van der Waals surface area (Å²) in [7, 11) is -7.36. The normalized spacial score (nSPS) is 12.4. The first kappa shape index (κ1) is 13.2.